The Balaban J connectivity index is 1.80. The molecule has 0 radical (unpaired) electrons. The van der Waals surface area contributed by atoms with Crippen LogP contribution in [0.25, 0.3) is 0 Å². The third-order valence-corrected chi connectivity index (χ3v) is 8.10. The number of hydrogen-bond donors (Lipinski definition) is 0. The Kier molecular flexibility index (Phi) is 9.30. The summed E-state index contributed by atoms with van der Waals surface area (Å²) in [5.41, 5.74) is 0. The Labute approximate surface area is 159 Å². The minimum absolute atomic E-state index is 0.767. The van der Waals surface area contributed by atoms with E-state index in [1.165, 1.54) is 32.1 Å². The zero-order valence-corrected chi connectivity index (χ0v) is 16.7. The molecule has 1 nitrogen and oxygen atoms in total. The fraction of sp³-hybridized carbons (Fsp3) is 0.417. The molecule has 0 spiro atoms. The number of benzene rings is 2. The Morgan fingerprint density at radius 2 is 1.08 bits per heavy atom. The maximum atomic E-state index is 13.8. The summed E-state index contributed by atoms with van der Waals surface area (Å²) in [5, 5.41) is 1.97. The van der Waals surface area contributed by atoms with Crippen LogP contribution >= 0.6 is 7.14 Å². The first-order valence-electron chi connectivity index (χ1n) is 9.91. The van der Waals surface area contributed by atoms with Crippen molar-refractivity contribution < 1.29 is 4.57 Å². The second-order valence-electron chi connectivity index (χ2n) is 6.92. The molecule has 0 saturated carbocycles. The van der Waals surface area contributed by atoms with Gasteiger partial charge in [0.25, 0.3) is 0 Å². The predicted octanol–water partition coefficient (Wildman–Crippen LogP) is 6.14. The molecule has 0 aliphatic heterocycles. The first-order chi connectivity index (χ1) is 12.8. The highest BCUT2D eigenvalue weighted by Gasteiger charge is 2.26. The van der Waals surface area contributed by atoms with E-state index in [0.29, 0.717) is 0 Å². The molecule has 2 aromatic carbocycles. The summed E-state index contributed by atoms with van der Waals surface area (Å²) in [6.45, 7) is 0. The largest absolute Gasteiger partial charge is 0.314 e. The van der Waals surface area contributed by atoms with Crippen molar-refractivity contribution in [1.82, 2.24) is 0 Å². The van der Waals surface area contributed by atoms with Gasteiger partial charge in [0.15, 0.2) is 0 Å². The zero-order chi connectivity index (χ0) is 18.5. The molecule has 26 heavy (non-hydrogen) atoms. The van der Waals surface area contributed by atoms with E-state index in [1.54, 1.807) is 0 Å². The summed E-state index contributed by atoms with van der Waals surface area (Å²) in [5.74, 6) is 2.70. The van der Waals surface area contributed by atoms with Crippen molar-refractivity contribution >= 4 is 17.8 Å². The highest BCUT2D eigenvalue weighted by Crippen LogP contribution is 2.44. The van der Waals surface area contributed by atoms with Crippen LogP contribution < -0.4 is 10.6 Å². The predicted molar refractivity (Wildman–Crippen MR) is 115 cm³/mol. The van der Waals surface area contributed by atoms with E-state index in [-0.39, 0.29) is 0 Å². The van der Waals surface area contributed by atoms with Crippen LogP contribution in [0, 0.1) is 12.3 Å². The van der Waals surface area contributed by atoms with Crippen LogP contribution in [0.15, 0.2) is 60.7 Å². The van der Waals surface area contributed by atoms with Gasteiger partial charge >= 0.3 is 0 Å². The first-order valence-corrected chi connectivity index (χ1v) is 11.8. The van der Waals surface area contributed by atoms with Gasteiger partial charge in [-0.05, 0) is 12.8 Å². The molecule has 0 aromatic heterocycles. The van der Waals surface area contributed by atoms with Gasteiger partial charge in [0.1, 0.15) is 7.14 Å². The van der Waals surface area contributed by atoms with Crippen molar-refractivity contribution in [3.8, 4) is 12.3 Å². The van der Waals surface area contributed by atoms with E-state index < -0.39 is 7.14 Å². The topological polar surface area (TPSA) is 17.1 Å². The Morgan fingerprint density at radius 1 is 0.654 bits per heavy atom. The lowest BCUT2D eigenvalue weighted by Gasteiger charge is -2.19. The second kappa shape index (κ2) is 11.8. The van der Waals surface area contributed by atoms with Gasteiger partial charge in [-0.1, -0.05) is 99.2 Å². The molecule has 0 N–H and O–H groups in total. The first kappa shape index (κ1) is 20.5. The van der Waals surface area contributed by atoms with Crippen molar-refractivity contribution in [2.75, 3.05) is 6.16 Å². The minimum Gasteiger partial charge on any atom is -0.314 e. The maximum absolute atomic E-state index is 13.8. The monoisotopic (exact) mass is 366 g/mol. The second-order valence-corrected chi connectivity index (χ2v) is 9.88. The van der Waals surface area contributed by atoms with Crippen LogP contribution in [0.5, 0.6) is 0 Å². The van der Waals surface area contributed by atoms with E-state index in [2.05, 4.69) is 5.92 Å². The van der Waals surface area contributed by atoms with Crippen molar-refractivity contribution in [1.29, 1.82) is 0 Å². The molecule has 2 aromatic rings. The van der Waals surface area contributed by atoms with E-state index in [0.717, 1.165) is 42.5 Å². The summed E-state index contributed by atoms with van der Waals surface area (Å²) in [4.78, 5) is 0. The standard InChI is InChI=1S/C24H31OP/c1-2-3-4-5-6-7-8-9-10-17-22-26(25,23-18-13-11-14-19-23)24-20-15-12-16-21-24/h1,11-16,18-21H,3-10,17,22H2. The van der Waals surface area contributed by atoms with Crippen LogP contribution in [0.3, 0.4) is 0 Å². The minimum atomic E-state index is -2.52. The Bertz CT molecular complexity index is 656. The fourth-order valence-electron chi connectivity index (χ4n) is 3.37. The summed E-state index contributed by atoms with van der Waals surface area (Å²) < 4.78 is 13.8. The SMILES string of the molecule is C#CCCCCCCCCCCP(=O)(c1ccccc1)c1ccccc1. The van der Waals surface area contributed by atoms with Gasteiger partial charge in [-0.3, -0.25) is 0 Å². The number of unbranched alkanes of at least 4 members (excludes halogenated alkanes) is 8. The van der Waals surface area contributed by atoms with Crippen LogP contribution in [-0.2, 0) is 4.57 Å². The average molecular weight is 366 g/mol. The van der Waals surface area contributed by atoms with Gasteiger partial charge in [0.2, 0.25) is 0 Å². The van der Waals surface area contributed by atoms with Crippen molar-refractivity contribution in [2.45, 2.75) is 57.8 Å². The molecule has 2 heteroatoms. The quantitative estimate of drug-likeness (QED) is 0.250. The number of terminal acetylenes is 1. The van der Waals surface area contributed by atoms with E-state index in [1.807, 2.05) is 60.7 Å². The van der Waals surface area contributed by atoms with Gasteiger partial charge < -0.3 is 4.57 Å². The molecule has 0 fully saturated rings. The number of hydrogen-bond acceptors (Lipinski definition) is 1. The molecular weight excluding hydrogens is 335 g/mol. The molecular formula is C24H31OP. The molecule has 0 atom stereocenters. The third-order valence-electron chi connectivity index (χ3n) is 4.89. The molecule has 0 aliphatic rings. The van der Waals surface area contributed by atoms with Crippen LogP contribution in [-0.4, -0.2) is 6.16 Å². The zero-order valence-electron chi connectivity index (χ0n) is 15.8. The normalized spacial score (nSPS) is 11.2. The van der Waals surface area contributed by atoms with Gasteiger partial charge in [-0.2, -0.15) is 0 Å². The van der Waals surface area contributed by atoms with Crippen LogP contribution in [0.4, 0.5) is 0 Å². The highest BCUT2D eigenvalue weighted by molar-refractivity contribution is 7.78. The van der Waals surface area contributed by atoms with Gasteiger partial charge in [-0.25, -0.2) is 0 Å². The molecule has 0 saturated heterocycles. The van der Waals surface area contributed by atoms with Crippen molar-refractivity contribution in [3.05, 3.63) is 60.7 Å². The van der Waals surface area contributed by atoms with Gasteiger partial charge in [-0.15, -0.1) is 12.3 Å². The summed E-state index contributed by atoms with van der Waals surface area (Å²) in [7, 11) is -2.52. The van der Waals surface area contributed by atoms with Crippen molar-refractivity contribution in [2.24, 2.45) is 0 Å². The summed E-state index contributed by atoms with van der Waals surface area (Å²) >= 11 is 0. The fourth-order valence-corrected chi connectivity index (χ4v) is 6.16. The lowest BCUT2D eigenvalue weighted by Crippen LogP contribution is -2.18. The smallest absolute Gasteiger partial charge is 0.143 e. The Hall–Kier alpha value is -1.77. The third kappa shape index (κ3) is 6.51. The van der Waals surface area contributed by atoms with E-state index in [9.17, 15) is 4.57 Å². The Morgan fingerprint density at radius 3 is 1.54 bits per heavy atom. The van der Waals surface area contributed by atoms with E-state index in [4.69, 9.17) is 6.42 Å². The van der Waals surface area contributed by atoms with Gasteiger partial charge in [0, 0.05) is 23.2 Å². The average Bonchev–Trinajstić information content (AvgIpc) is 2.70. The lowest BCUT2D eigenvalue weighted by atomic mass is 10.1. The highest BCUT2D eigenvalue weighted by atomic mass is 31.2. The van der Waals surface area contributed by atoms with Crippen LogP contribution in [0.2, 0.25) is 0 Å². The number of rotatable bonds is 12. The summed E-state index contributed by atoms with van der Waals surface area (Å²) in [6.07, 6.45) is 16.6. The lowest BCUT2D eigenvalue weighted by molar-refractivity contribution is 0.569. The molecule has 0 bridgehead atoms. The molecule has 0 heterocycles. The molecule has 0 amide bonds. The van der Waals surface area contributed by atoms with E-state index >= 15 is 0 Å². The summed E-state index contributed by atoms with van der Waals surface area (Å²) in [6, 6.07) is 20.0. The van der Waals surface area contributed by atoms with Crippen LogP contribution in [0.1, 0.15) is 57.8 Å². The molecule has 0 aliphatic carbocycles. The van der Waals surface area contributed by atoms with Gasteiger partial charge in [0.05, 0.1) is 0 Å². The molecule has 2 rings (SSSR count). The maximum Gasteiger partial charge on any atom is 0.143 e. The molecule has 0 unspecified atom stereocenters. The molecule has 138 valence electrons. The van der Waals surface area contributed by atoms with Crippen molar-refractivity contribution in [3.63, 3.8) is 0 Å².